The van der Waals surface area contributed by atoms with E-state index in [0.29, 0.717) is 12.5 Å². The van der Waals surface area contributed by atoms with Crippen LogP contribution in [0.3, 0.4) is 0 Å². The van der Waals surface area contributed by atoms with Crippen molar-refractivity contribution in [1.82, 2.24) is 0 Å². The van der Waals surface area contributed by atoms with Gasteiger partial charge in [0, 0.05) is 0 Å². The van der Waals surface area contributed by atoms with Gasteiger partial charge in [0.05, 0.1) is 18.6 Å². The molecule has 0 amide bonds. The largest absolute Gasteiger partial charge is 0.493 e. The lowest BCUT2D eigenvalue weighted by atomic mass is 9.67. The van der Waals surface area contributed by atoms with Crippen molar-refractivity contribution in [2.24, 2.45) is 5.92 Å². The Labute approximate surface area is 243 Å². The summed E-state index contributed by atoms with van der Waals surface area (Å²) in [5, 5.41) is 0. The molecule has 0 aromatic heterocycles. The molecular formula is C38H36O3. The van der Waals surface area contributed by atoms with Crippen LogP contribution >= 0.6 is 0 Å². The Balaban J connectivity index is 1.44. The fourth-order valence-corrected chi connectivity index (χ4v) is 6.40. The van der Waals surface area contributed by atoms with Crippen LogP contribution < -0.4 is 9.47 Å². The van der Waals surface area contributed by atoms with Crippen molar-refractivity contribution in [2.75, 3.05) is 19.8 Å². The summed E-state index contributed by atoms with van der Waals surface area (Å²) in [6.07, 6.45) is 8.16. The van der Waals surface area contributed by atoms with Gasteiger partial charge in [0.1, 0.15) is 24.2 Å². The number of ether oxygens (including phenoxy) is 3. The monoisotopic (exact) mass is 540 g/mol. The molecule has 7 rings (SSSR count). The highest BCUT2D eigenvalue weighted by Gasteiger charge is 2.46. The van der Waals surface area contributed by atoms with Crippen molar-refractivity contribution >= 4 is 0 Å². The van der Waals surface area contributed by atoms with Crippen LogP contribution in [0.1, 0.15) is 46.2 Å². The smallest absolute Gasteiger partial charge is 0.122 e. The third kappa shape index (κ3) is 4.69. The molecule has 1 saturated heterocycles. The number of hydrogen-bond donors (Lipinski definition) is 0. The molecule has 4 aromatic rings. The van der Waals surface area contributed by atoms with Gasteiger partial charge in [-0.05, 0) is 88.2 Å². The summed E-state index contributed by atoms with van der Waals surface area (Å²) in [6.45, 7) is 10.3. The van der Waals surface area contributed by atoms with Crippen molar-refractivity contribution in [3.8, 4) is 22.6 Å². The van der Waals surface area contributed by atoms with Crippen LogP contribution in [0.25, 0.3) is 11.1 Å². The van der Waals surface area contributed by atoms with Gasteiger partial charge >= 0.3 is 0 Å². The molecule has 1 unspecified atom stereocenters. The Morgan fingerprint density at radius 3 is 1.71 bits per heavy atom. The number of hydrogen-bond acceptors (Lipinski definition) is 3. The molecule has 0 radical (unpaired) electrons. The highest BCUT2D eigenvalue weighted by molar-refractivity contribution is 5.86. The molecule has 4 aromatic carbocycles. The highest BCUT2D eigenvalue weighted by atomic mass is 16.6. The maximum atomic E-state index is 6.34. The lowest BCUT2D eigenvalue weighted by molar-refractivity contribution is 0.261. The zero-order valence-electron chi connectivity index (χ0n) is 23.5. The molecule has 206 valence electrons. The minimum absolute atomic E-state index is 0.204. The molecule has 2 fully saturated rings. The quantitative estimate of drug-likeness (QED) is 0.118. The first-order valence-corrected chi connectivity index (χ1v) is 14.8. The van der Waals surface area contributed by atoms with Crippen LogP contribution in [0.15, 0.2) is 110 Å². The molecular weight excluding hydrogens is 504 g/mol. The molecule has 3 heteroatoms. The lowest BCUT2D eigenvalue weighted by Crippen LogP contribution is -2.29. The van der Waals surface area contributed by atoms with E-state index in [1.807, 2.05) is 12.2 Å². The average molecular weight is 541 g/mol. The Bertz CT molecular complexity index is 1490. The maximum absolute atomic E-state index is 6.34. The van der Waals surface area contributed by atoms with Crippen molar-refractivity contribution in [3.63, 3.8) is 0 Å². The predicted octanol–water partition coefficient (Wildman–Crippen LogP) is 8.07. The normalized spacial score (nSPS) is 17.8. The van der Waals surface area contributed by atoms with Crippen LogP contribution in [-0.4, -0.2) is 25.9 Å². The molecule has 3 nitrogen and oxygen atoms in total. The standard InChI is InChI=1S/C38H36O3/c1-3-9-27-21-29(17-19-36(27)40-23-26-15-16-26)38(34-13-7-5-11-32(34)33-12-6-8-14-35(33)38)30-18-20-37(28(22-30)10-4-2)41-25-31-24-39-31/h3-8,11-14,17-22,26,31H,1-2,9-10,15-16,23-25H2. The fourth-order valence-electron chi connectivity index (χ4n) is 6.40. The molecule has 3 aliphatic rings. The van der Waals surface area contributed by atoms with Crippen molar-refractivity contribution in [2.45, 2.75) is 37.2 Å². The van der Waals surface area contributed by atoms with E-state index in [0.717, 1.165) is 43.1 Å². The van der Waals surface area contributed by atoms with Crippen molar-refractivity contribution in [3.05, 3.63) is 144 Å². The third-order valence-corrected chi connectivity index (χ3v) is 8.67. The summed E-state index contributed by atoms with van der Waals surface area (Å²) < 4.78 is 18.0. The second-order valence-electron chi connectivity index (χ2n) is 11.5. The van der Waals surface area contributed by atoms with E-state index < -0.39 is 5.41 Å². The minimum atomic E-state index is -0.494. The minimum Gasteiger partial charge on any atom is -0.493 e. The maximum Gasteiger partial charge on any atom is 0.122 e. The van der Waals surface area contributed by atoms with E-state index >= 15 is 0 Å². The van der Waals surface area contributed by atoms with Crippen LogP contribution in [0, 0.1) is 5.92 Å². The first-order valence-electron chi connectivity index (χ1n) is 14.8. The fraction of sp³-hybridized carbons (Fsp3) is 0.263. The lowest BCUT2D eigenvalue weighted by Gasteiger charge is -2.35. The zero-order chi connectivity index (χ0) is 27.8. The first kappa shape index (κ1) is 25.9. The van der Waals surface area contributed by atoms with Crippen LogP contribution in [0.4, 0.5) is 0 Å². The average Bonchev–Trinajstić information content (AvgIpc) is 3.94. The SMILES string of the molecule is C=CCc1cc(C2(c3ccc(OCC4CO4)c(CC=C)c3)c3ccccc3-c3ccccc32)ccc1OCC1CC1. The van der Waals surface area contributed by atoms with E-state index in [1.54, 1.807) is 0 Å². The molecule has 1 heterocycles. The Morgan fingerprint density at radius 2 is 1.22 bits per heavy atom. The number of benzene rings is 4. The second kappa shape index (κ2) is 10.7. The summed E-state index contributed by atoms with van der Waals surface area (Å²) in [5.41, 5.74) is 9.41. The molecule has 41 heavy (non-hydrogen) atoms. The van der Waals surface area contributed by atoms with E-state index in [1.165, 1.54) is 51.8 Å². The van der Waals surface area contributed by atoms with Crippen LogP contribution in [-0.2, 0) is 23.0 Å². The molecule has 2 aliphatic carbocycles. The Morgan fingerprint density at radius 1 is 0.707 bits per heavy atom. The van der Waals surface area contributed by atoms with Crippen LogP contribution in [0.5, 0.6) is 11.5 Å². The molecule has 0 N–H and O–H groups in total. The van der Waals surface area contributed by atoms with E-state index in [9.17, 15) is 0 Å². The van der Waals surface area contributed by atoms with Gasteiger partial charge in [0.15, 0.2) is 0 Å². The molecule has 0 bridgehead atoms. The van der Waals surface area contributed by atoms with Gasteiger partial charge in [0.25, 0.3) is 0 Å². The summed E-state index contributed by atoms with van der Waals surface area (Å²) in [4.78, 5) is 0. The zero-order valence-corrected chi connectivity index (χ0v) is 23.5. The van der Waals surface area contributed by atoms with Gasteiger partial charge in [-0.1, -0.05) is 84.9 Å². The second-order valence-corrected chi connectivity index (χ2v) is 11.5. The summed E-state index contributed by atoms with van der Waals surface area (Å²) >= 11 is 0. The van der Waals surface area contributed by atoms with Gasteiger partial charge in [-0.25, -0.2) is 0 Å². The van der Waals surface area contributed by atoms with E-state index in [2.05, 4.69) is 98.1 Å². The predicted molar refractivity (Wildman–Crippen MR) is 165 cm³/mol. The highest BCUT2D eigenvalue weighted by Crippen LogP contribution is 2.56. The number of epoxide rings is 1. The Hall–Kier alpha value is -4.08. The van der Waals surface area contributed by atoms with Crippen molar-refractivity contribution < 1.29 is 14.2 Å². The third-order valence-electron chi connectivity index (χ3n) is 8.67. The molecule has 1 atom stereocenters. The number of allylic oxidation sites excluding steroid dienone is 2. The van der Waals surface area contributed by atoms with E-state index in [4.69, 9.17) is 14.2 Å². The summed E-state index contributed by atoms with van der Waals surface area (Å²) in [5.74, 6) is 2.56. The van der Waals surface area contributed by atoms with Crippen LogP contribution in [0.2, 0.25) is 0 Å². The van der Waals surface area contributed by atoms with Gasteiger partial charge in [-0.3, -0.25) is 0 Å². The van der Waals surface area contributed by atoms with E-state index in [-0.39, 0.29) is 6.10 Å². The molecule has 1 aliphatic heterocycles. The molecule has 0 spiro atoms. The van der Waals surface area contributed by atoms with Gasteiger partial charge < -0.3 is 14.2 Å². The topological polar surface area (TPSA) is 31.0 Å². The number of rotatable bonds is 12. The van der Waals surface area contributed by atoms with Crippen molar-refractivity contribution in [1.29, 1.82) is 0 Å². The Kier molecular flexibility index (Phi) is 6.76. The summed E-state index contributed by atoms with van der Waals surface area (Å²) in [6, 6.07) is 31.2. The van der Waals surface area contributed by atoms with Gasteiger partial charge in [0.2, 0.25) is 0 Å². The number of fused-ring (bicyclic) bond motifs is 3. The first-order chi connectivity index (χ1) is 20.2. The van der Waals surface area contributed by atoms with Gasteiger partial charge in [-0.2, -0.15) is 0 Å². The van der Waals surface area contributed by atoms with Gasteiger partial charge in [-0.15, -0.1) is 13.2 Å². The summed E-state index contributed by atoms with van der Waals surface area (Å²) in [7, 11) is 0. The molecule has 1 saturated carbocycles.